The first-order valence-electron chi connectivity index (χ1n) is 6.98. The molecule has 0 radical (unpaired) electrons. The highest BCUT2D eigenvalue weighted by atomic mass is 16.5. The average molecular weight is 302 g/mol. The first-order valence-corrected chi connectivity index (χ1v) is 6.98. The fourth-order valence-electron chi connectivity index (χ4n) is 2.34. The maximum atomic E-state index is 6.03. The number of nitrogen functional groups attached to an aromatic ring is 1. The molecule has 0 saturated carbocycles. The number of ether oxygens (including phenoxy) is 3. The van der Waals surface area contributed by atoms with Crippen molar-refractivity contribution in [3.8, 4) is 17.2 Å². The van der Waals surface area contributed by atoms with Crippen molar-refractivity contribution in [2.75, 3.05) is 32.4 Å². The molecule has 3 N–H and O–H groups in total. The molecule has 0 saturated heterocycles. The summed E-state index contributed by atoms with van der Waals surface area (Å²) in [6, 6.07) is 9.64. The number of nitrogens with one attached hydrogen (secondary N) is 1. The second-order valence-electron chi connectivity index (χ2n) is 4.91. The lowest BCUT2D eigenvalue weighted by atomic mass is 10.1. The zero-order valence-electron chi connectivity index (χ0n) is 13.4. The van der Waals surface area contributed by atoms with Crippen LogP contribution in [0.15, 0.2) is 30.3 Å². The molecule has 5 heteroatoms. The van der Waals surface area contributed by atoms with Crippen LogP contribution in [0.25, 0.3) is 0 Å². The van der Waals surface area contributed by atoms with Crippen LogP contribution in [0.1, 0.15) is 11.1 Å². The molecule has 0 aliphatic carbocycles. The van der Waals surface area contributed by atoms with Crippen LogP contribution in [-0.4, -0.2) is 21.3 Å². The van der Waals surface area contributed by atoms with Crippen molar-refractivity contribution in [2.24, 2.45) is 0 Å². The molecule has 5 nitrogen and oxygen atoms in total. The standard InChI is InChI=1S/C17H22N2O3/c1-11-6-5-7-14(18)13(11)10-19-12-8-15(20-2)17(22-4)16(9-12)21-3/h5-9,19H,10,18H2,1-4H3. The van der Waals surface area contributed by atoms with E-state index in [0.29, 0.717) is 23.8 Å². The average Bonchev–Trinajstić information content (AvgIpc) is 2.53. The van der Waals surface area contributed by atoms with E-state index in [1.807, 2.05) is 37.3 Å². The third-order valence-electron chi connectivity index (χ3n) is 3.58. The number of aryl methyl sites for hydroxylation is 1. The maximum absolute atomic E-state index is 6.03. The number of anilines is 2. The van der Waals surface area contributed by atoms with Crippen molar-refractivity contribution in [1.29, 1.82) is 0 Å². The summed E-state index contributed by atoms with van der Waals surface area (Å²) in [5, 5.41) is 3.35. The van der Waals surface area contributed by atoms with Gasteiger partial charge in [0.2, 0.25) is 5.75 Å². The Morgan fingerprint density at radius 3 is 2.14 bits per heavy atom. The molecule has 2 rings (SSSR count). The summed E-state index contributed by atoms with van der Waals surface area (Å²) < 4.78 is 16.0. The molecule has 2 aromatic rings. The van der Waals surface area contributed by atoms with E-state index in [0.717, 1.165) is 22.5 Å². The van der Waals surface area contributed by atoms with Crippen LogP contribution in [0, 0.1) is 6.92 Å². The van der Waals surface area contributed by atoms with E-state index in [1.165, 1.54) is 0 Å². The highest BCUT2D eigenvalue weighted by molar-refractivity contribution is 5.63. The Labute approximate surface area is 131 Å². The molecule has 0 aliphatic rings. The van der Waals surface area contributed by atoms with Gasteiger partial charge < -0.3 is 25.3 Å². The SMILES string of the molecule is COc1cc(NCc2c(C)cccc2N)cc(OC)c1OC. The fourth-order valence-corrected chi connectivity index (χ4v) is 2.34. The van der Waals surface area contributed by atoms with E-state index < -0.39 is 0 Å². The second-order valence-corrected chi connectivity index (χ2v) is 4.91. The van der Waals surface area contributed by atoms with Crippen LogP contribution in [-0.2, 0) is 6.54 Å². The molecule has 118 valence electrons. The predicted octanol–water partition coefficient (Wildman–Crippen LogP) is 3.22. The Bertz CT molecular complexity index is 611. The largest absolute Gasteiger partial charge is 0.493 e. The molecule has 0 bridgehead atoms. The Morgan fingerprint density at radius 1 is 1.00 bits per heavy atom. The zero-order chi connectivity index (χ0) is 16.1. The molecular weight excluding hydrogens is 280 g/mol. The van der Waals surface area contributed by atoms with Gasteiger partial charge in [-0.25, -0.2) is 0 Å². The van der Waals surface area contributed by atoms with E-state index in [-0.39, 0.29) is 0 Å². The smallest absolute Gasteiger partial charge is 0.203 e. The predicted molar refractivity (Wildman–Crippen MR) is 89.0 cm³/mol. The third-order valence-corrected chi connectivity index (χ3v) is 3.58. The molecule has 2 aromatic carbocycles. The van der Waals surface area contributed by atoms with Crippen LogP contribution >= 0.6 is 0 Å². The quantitative estimate of drug-likeness (QED) is 0.802. The first-order chi connectivity index (χ1) is 10.6. The molecule has 22 heavy (non-hydrogen) atoms. The van der Waals surface area contributed by atoms with Gasteiger partial charge in [0.05, 0.1) is 21.3 Å². The van der Waals surface area contributed by atoms with Crippen molar-refractivity contribution < 1.29 is 14.2 Å². The van der Waals surface area contributed by atoms with Crippen LogP contribution in [0.2, 0.25) is 0 Å². The van der Waals surface area contributed by atoms with Gasteiger partial charge in [0.1, 0.15) is 0 Å². The van der Waals surface area contributed by atoms with Gasteiger partial charge in [0.15, 0.2) is 11.5 Å². The summed E-state index contributed by atoms with van der Waals surface area (Å²) in [4.78, 5) is 0. The van der Waals surface area contributed by atoms with Crippen LogP contribution in [0.4, 0.5) is 11.4 Å². The fraction of sp³-hybridized carbons (Fsp3) is 0.294. The summed E-state index contributed by atoms with van der Waals surface area (Å²) in [5.41, 5.74) is 9.92. The maximum Gasteiger partial charge on any atom is 0.203 e. The van der Waals surface area contributed by atoms with E-state index in [2.05, 4.69) is 5.32 Å². The summed E-state index contributed by atoms with van der Waals surface area (Å²) in [7, 11) is 4.78. The molecule has 0 spiro atoms. The highest BCUT2D eigenvalue weighted by Gasteiger charge is 2.13. The van der Waals surface area contributed by atoms with E-state index in [9.17, 15) is 0 Å². The second kappa shape index (κ2) is 6.93. The molecule has 0 heterocycles. The summed E-state index contributed by atoms with van der Waals surface area (Å²) in [6.07, 6.45) is 0. The van der Waals surface area contributed by atoms with Gasteiger partial charge in [-0.1, -0.05) is 12.1 Å². The Balaban J connectivity index is 2.26. The molecule has 0 atom stereocenters. The van der Waals surface area contributed by atoms with Gasteiger partial charge in [-0.3, -0.25) is 0 Å². The Hall–Kier alpha value is -2.56. The molecule has 0 aliphatic heterocycles. The molecular formula is C17H22N2O3. The number of nitrogens with two attached hydrogens (primary N) is 1. The van der Waals surface area contributed by atoms with Gasteiger partial charge in [-0.15, -0.1) is 0 Å². The lowest BCUT2D eigenvalue weighted by Gasteiger charge is -2.16. The molecule has 0 unspecified atom stereocenters. The zero-order valence-corrected chi connectivity index (χ0v) is 13.4. The third kappa shape index (κ3) is 3.19. The number of benzene rings is 2. The Kier molecular flexibility index (Phi) is 4.99. The normalized spacial score (nSPS) is 10.2. The Morgan fingerprint density at radius 2 is 1.64 bits per heavy atom. The van der Waals surface area contributed by atoms with Gasteiger partial charge in [0.25, 0.3) is 0 Å². The van der Waals surface area contributed by atoms with Crippen molar-refractivity contribution in [3.63, 3.8) is 0 Å². The van der Waals surface area contributed by atoms with Gasteiger partial charge in [-0.2, -0.15) is 0 Å². The van der Waals surface area contributed by atoms with Crippen LogP contribution in [0.5, 0.6) is 17.2 Å². The van der Waals surface area contributed by atoms with Crippen molar-refractivity contribution in [3.05, 3.63) is 41.5 Å². The van der Waals surface area contributed by atoms with E-state index in [1.54, 1.807) is 21.3 Å². The topological polar surface area (TPSA) is 65.7 Å². The lowest BCUT2D eigenvalue weighted by Crippen LogP contribution is -2.05. The molecule has 0 aromatic heterocycles. The van der Waals surface area contributed by atoms with Crippen molar-refractivity contribution in [1.82, 2.24) is 0 Å². The van der Waals surface area contributed by atoms with Crippen molar-refractivity contribution >= 4 is 11.4 Å². The summed E-state index contributed by atoms with van der Waals surface area (Å²) in [5.74, 6) is 1.80. The summed E-state index contributed by atoms with van der Waals surface area (Å²) >= 11 is 0. The van der Waals surface area contributed by atoms with E-state index >= 15 is 0 Å². The van der Waals surface area contributed by atoms with Crippen LogP contribution in [0.3, 0.4) is 0 Å². The monoisotopic (exact) mass is 302 g/mol. The van der Waals surface area contributed by atoms with Crippen molar-refractivity contribution in [2.45, 2.75) is 13.5 Å². The number of hydrogen-bond acceptors (Lipinski definition) is 5. The first kappa shape index (κ1) is 15.8. The van der Waals surface area contributed by atoms with E-state index in [4.69, 9.17) is 19.9 Å². The number of rotatable bonds is 6. The number of methoxy groups -OCH3 is 3. The molecule has 0 fully saturated rings. The van der Waals surface area contributed by atoms with Gasteiger partial charge >= 0.3 is 0 Å². The molecule has 0 amide bonds. The van der Waals surface area contributed by atoms with Gasteiger partial charge in [0, 0.05) is 30.1 Å². The minimum Gasteiger partial charge on any atom is -0.493 e. The lowest BCUT2D eigenvalue weighted by molar-refractivity contribution is 0.324. The minimum atomic E-state index is 0.575. The van der Waals surface area contributed by atoms with Crippen LogP contribution < -0.4 is 25.3 Å². The van der Waals surface area contributed by atoms with Gasteiger partial charge in [-0.05, 0) is 24.1 Å². The number of hydrogen-bond donors (Lipinski definition) is 2. The highest BCUT2D eigenvalue weighted by Crippen LogP contribution is 2.40. The summed E-state index contributed by atoms with van der Waals surface area (Å²) in [6.45, 7) is 2.67. The minimum absolute atomic E-state index is 0.575.